The van der Waals surface area contributed by atoms with Gasteiger partial charge in [0.2, 0.25) is 0 Å². The lowest BCUT2D eigenvalue weighted by Gasteiger charge is -1.88. The Bertz CT molecular complexity index is 270. The highest BCUT2D eigenvalue weighted by Crippen LogP contribution is 2.10. The van der Waals surface area contributed by atoms with Crippen molar-refractivity contribution in [3.63, 3.8) is 0 Å². The first-order chi connectivity index (χ1) is 5.38. The number of aldehydes is 2. The Morgan fingerprint density at radius 3 is 2.73 bits per heavy atom. The first kappa shape index (κ1) is 7.47. The summed E-state index contributed by atoms with van der Waals surface area (Å²) in [4.78, 5) is 20.3. The van der Waals surface area contributed by atoms with Crippen molar-refractivity contribution in [1.82, 2.24) is 0 Å². The molecule has 1 rings (SSSR count). The smallest absolute Gasteiger partial charge is 0.153 e. The molecule has 11 heavy (non-hydrogen) atoms. The summed E-state index contributed by atoms with van der Waals surface area (Å²) in [5, 5.41) is 0. The van der Waals surface area contributed by atoms with Gasteiger partial charge in [0, 0.05) is 0 Å². The maximum absolute atomic E-state index is 10.3. The quantitative estimate of drug-likeness (QED) is 0.478. The second kappa shape index (κ2) is 3.51. The monoisotopic (exact) mass is 150 g/mol. The van der Waals surface area contributed by atoms with Crippen LogP contribution < -0.4 is 0 Å². The predicted octanol–water partition coefficient (Wildman–Crippen LogP) is 1.06. The Kier molecular flexibility index (Phi) is 2.38. The zero-order valence-electron chi connectivity index (χ0n) is 5.69. The van der Waals surface area contributed by atoms with Crippen LogP contribution in [0.2, 0.25) is 0 Å². The lowest BCUT2D eigenvalue weighted by molar-refractivity contribution is -0.105. The summed E-state index contributed by atoms with van der Waals surface area (Å²) in [5.74, 6) is 0.409. The minimum absolute atomic E-state index is 0.255. The molecule has 0 radical (unpaired) electrons. The van der Waals surface area contributed by atoms with E-state index < -0.39 is 0 Å². The number of carbonyl (C=O) groups excluding carboxylic acids is 2. The third-order valence-corrected chi connectivity index (χ3v) is 1.18. The molecule has 0 atom stereocenters. The lowest BCUT2D eigenvalue weighted by atomic mass is 10.2. The van der Waals surface area contributed by atoms with E-state index in [4.69, 9.17) is 4.42 Å². The van der Waals surface area contributed by atoms with Crippen molar-refractivity contribution >= 4 is 18.1 Å². The second-order valence-electron chi connectivity index (χ2n) is 1.85. The highest BCUT2D eigenvalue weighted by atomic mass is 16.3. The van der Waals surface area contributed by atoms with Crippen LogP contribution in [0.1, 0.15) is 5.76 Å². The molecule has 0 spiro atoms. The first-order valence-electron chi connectivity index (χ1n) is 3.03. The van der Waals surface area contributed by atoms with Gasteiger partial charge in [-0.15, -0.1) is 0 Å². The maximum atomic E-state index is 10.3. The molecule has 3 nitrogen and oxygen atoms in total. The van der Waals surface area contributed by atoms with Gasteiger partial charge in [0.25, 0.3) is 0 Å². The molecule has 0 bridgehead atoms. The molecule has 1 aromatic heterocycles. The van der Waals surface area contributed by atoms with Crippen molar-refractivity contribution in [1.29, 1.82) is 0 Å². The number of rotatable bonds is 3. The van der Waals surface area contributed by atoms with Crippen molar-refractivity contribution < 1.29 is 14.0 Å². The third-order valence-electron chi connectivity index (χ3n) is 1.18. The zero-order chi connectivity index (χ0) is 8.10. The van der Waals surface area contributed by atoms with Crippen LogP contribution in [-0.2, 0) is 9.59 Å². The van der Waals surface area contributed by atoms with Gasteiger partial charge in [-0.1, -0.05) is 0 Å². The summed E-state index contributed by atoms with van der Waals surface area (Å²) in [7, 11) is 0. The van der Waals surface area contributed by atoms with Crippen LogP contribution in [0.15, 0.2) is 28.9 Å². The van der Waals surface area contributed by atoms with E-state index in [0.717, 1.165) is 6.08 Å². The average Bonchev–Trinajstić information content (AvgIpc) is 2.52. The molecule has 0 N–H and O–H groups in total. The summed E-state index contributed by atoms with van der Waals surface area (Å²) in [6, 6.07) is 3.27. The Morgan fingerprint density at radius 1 is 1.45 bits per heavy atom. The molecule has 1 aromatic rings. The third kappa shape index (κ3) is 1.64. The molecule has 0 aliphatic heterocycles. The molecule has 0 aromatic carbocycles. The molecule has 3 heteroatoms. The summed E-state index contributed by atoms with van der Waals surface area (Å²) in [5.41, 5.74) is 0.255. The summed E-state index contributed by atoms with van der Waals surface area (Å²) < 4.78 is 4.88. The molecule has 0 fully saturated rings. The largest absolute Gasteiger partial charge is 0.464 e. The molecule has 0 aliphatic carbocycles. The number of allylic oxidation sites excluding steroid dienone is 2. The minimum Gasteiger partial charge on any atom is -0.464 e. The average molecular weight is 150 g/mol. The van der Waals surface area contributed by atoms with Crippen LogP contribution in [-0.4, -0.2) is 12.6 Å². The Hall–Kier alpha value is -1.64. The highest BCUT2D eigenvalue weighted by molar-refractivity contribution is 6.09. The first-order valence-corrected chi connectivity index (χ1v) is 3.03. The fraction of sp³-hybridized carbons (Fsp3) is 0. The Labute approximate surface area is 63.3 Å². The number of hydrogen-bond acceptors (Lipinski definition) is 3. The van der Waals surface area contributed by atoms with Gasteiger partial charge in [-0.2, -0.15) is 0 Å². The van der Waals surface area contributed by atoms with Crippen molar-refractivity contribution in [2.45, 2.75) is 0 Å². The normalized spacial score (nSPS) is 11.1. The van der Waals surface area contributed by atoms with Crippen molar-refractivity contribution in [3.05, 3.63) is 30.2 Å². The van der Waals surface area contributed by atoms with Crippen molar-refractivity contribution in [2.24, 2.45) is 0 Å². The molecular formula is C8H6O3. The summed E-state index contributed by atoms with van der Waals surface area (Å²) in [6.45, 7) is 0. The predicted molar refractivity (Wildman–Crippen MR) is 38.8 cm³/mol. The van der Waals surface area contributed by atoms with E-state index in [1.165, 1.54) is 6.26 Å². The van der Waals surface area contributed by atoms with E-state index in [2.05, 4.69) is 0 Å². The lowest BCUT2D eigenvalue weighted by Crippen LogP contribution is -1.82. The fourth-order valence-electron chi connectivity index (χ4n) is 0.696. The standard InChI is InChI=1S/C8H6O3/c9-4-3-7(6-10)8-2-1-5-11-8/h1-6H. The summed E-state index contributed by atoms with van der Waals surface area (Å²) >= 11 is 0. The number of hydrogen-bond donors (Lipinski definition) is 0. The van der Waals surface area contributed by atoms with E-state index in [1.54, 1.807) is 12.1 Å². The molecule has 0 saturated heterocycles. The Balaban J connectivity index is 2.97. The van der Waals surface area contributed by atoms with Gasteiger partial charge in [-0.3, -0.25) is 9.59 Å². The second-order valence-corrected chi connectivity index (χ2v) is 1.85. The van der Waals surface area contributed by atoms with Crippen LogP contribution >= 0.6 is 0 Å². The molecule has 56 valence electrons. The molecule has 0 amide bonds. The van der Waals surface area contributed by atoms with Gasteiger partial charge in [0.05, 0.1) is 11.8 Å². The molecule has 0 saturated carbocycles. The van der Waals surface area contributed by atoms with E-state index >= 15 is 0 Å². The van der Waals surface area contributed by atoms with Crippen LogP contribution in [0.4, 0.5) is 0 Å². The zero-order valence-corrected chi connectivity index (χ0v) is 5.69. The topological polar surface area (TPSA) is 47.3 Å². The van der Waals surface area contributed by atoms with E-state index in [0.29, 0.717) is 18.3 Å². The van der Waals surface area contributed by atoms with Gasteiger partial charge in [-0.05, 0) is 18.2 Å². The summed E-state index contributed by atoms with van der Waals surface area (Å²) in [6.07, 6.45) is 3.72. The van der Waals surface area contributed by atoms with Gasteiger partial charge in [0.1, 0.15) is 12.0 Å². The van der Waals surface area contributed by atoms with Crippen LogP contribution in [0.25, 0.3) is 5.57 Å². The number of furan rings is 1. The van der Waals surface area contributed by atoms with Gasteiger partial charge in [-0.25, -0.2) is 0 Å². The molecule has 0 unspecified atom stereocenters. The van der Waals surface area contributed by atoms with Gasteiger partial charge >= 0.3 is 0 Å². The fourth-order valence-corrected chi connectivity index (χ4v) is 0.696. The van der Waals surface area contributed by atoms with Crippen LogP contribution in [0.3, 0.4) is 0 Å². The Morgan fingerprint density at radius 2 is 2.27 bits per heavy atom. The molecule has 1 heterocycles. The maximum Gasteiger partial charge on any atom is 0.153 e. The SMILES string of the molecule is O=CC=C(C=O)c1ccco1. The van der Waals surface area contributed by atoms with Crippen molar-refractivity contribution in [3.8, 4) is 0 Å². The van der Waals surface area contributed by atoms with Crippen molar-refractivity contribution in [2.75, 3.05) is 0 Å². The van der Waals surface area contributed by atoms with E-state index in [9.17, 15) is 9.59 Å². The molecule has 0 aliphatic rings. The van der Waals surface area contributed by atoms with Gasteiger partial charge < -0.3 is 4.42 Å². The molecular weight excluding hydrogens is 144 g/mol. The van der Waals surface area contributed by atoms with Gasteiger partial charge in [0.15, 0.2) is 6.29 Å². The number of carbonyl (C=O) groups is 2. The van der Waals surface area contributed by atoms with E-state index in [1.807, 2.05) is 0 Å². The highest BCUT2D eigenvalue weighted by Gasteiger charge is 2.00. The van der Waals surface area contributed by atoms with E-state index in [-0.39, 0.29) is 5.57 Å². The van der Waals surface area contributed by atoms with Crippen LogP contribution in [0.5, 0.6) is 0 Å². The minimum atomic E-state index is 0.255. The van der Waals surface area contributed by atoms with Crippen LogP contribution in [0, 0.1) is 0 Å².